The largest absolute Gasteiger partial charge is 0.508 e. The number of ether oxygens (including phenoxy) is 1. The van der Waals surface area contributed by atoms with Gasteiger partial charge in [-0.15, -0.1) is 0 Å². The predicted molar refractivity (Wildman–Crippen MR) is 207 cm³/mol. The number of ketones is 2. The van der Waals surface area contributed by atoms with Crippen molar-refractivity contribution in [2.75, 3.05) is 13.6 Å². The van der Waals surface area contributed by atoms with Crippen molar-refractivity contribution in [3.8, 4) is 5.75 Å². The molecule has 0 spiro atoms. The van der Waals surface area contributed by atoms with Gasteiger partial charge in [-0.05, 0) is 129 Å². The van der Waals surface area contributed by atoms with E-state index in [1.54, 1.807) is 19.1 Å². The van der Waals surface area contributed by atoms with Gasteiger partial charge < -0.3 is 30.7 Å². The lowest BCUT2D eigenvalue weighted by Crippen LogP contribution is -2.69. The summed E-state index contributed by atoms with van der Waals surface area (Å²) >= 11 is 0. The number of allylic oxidation sites excluding steroid dienone is 2. The highest BCUT2D eigenvalue weighted by Crippen LogP contribution is 2.75. The van der Waals surface area contributed by atoms with Gasteiger partial charge in [-0.3, -0.25) is 9.59 Å². The third-order valence-electron chi connectivity index (χ3n) is 16.4. The third kappa shape index (κ3) is 6.11. The number of aliphatic hydroxyl groups is 2. The first-order valence-electron chi connectivity index (χ1n) is 20.9. The second kappa shape index (κ2) is 13.5. The van der Waals surface area contributed by atoms with Gasteiger partial charge >= 0.3 is 0 Å². The summed E-state index contributed by atoms with van der Waals surface area (Å²) in [6.45, 7) is 18.6. The summed E-state index contributed by atoms with van der Waals surface area (Å²) in [5.74, 6) is 0.999. The zero-order valence-electron chi connectivity index (χ0n) is 34.0. The van der Waals surface area contributed by atoms with E-state index in [4.69, 9.17) is 4.74 Å². The SMILES string of the molecule is CNCc1cc(O)cc([C@@H]2C[C@@]3(C)[C@H]4CCC5=C([C@H](C)C[C@@H](O)[C@H]6O[C@]6(C)C6CCCC6)C(=O)C[C@]5(C)[C@@]4(C)C[C@H](NC[C@H](C)O)[C@H]3C(C)(C)C2=O)c1. The van der Waals surface area contributed by atoms with Gasteiger partial charge in [-0.1, -0.05) is 66.0 Å². The summed E-state index contributed by atoms with van der Waals surface area (Å²) in [6.07, 6.45) is 7.83. The number of aliphatic hydroxyl groups excluding tert-OH is 2. The van der Waals surface area contributed by atoms with Crippen LogP contribution in [0.4, 0.5) is 0 Å². The van der Waals surface area contributed by atoms with Crippen molar-refractivity contribution in [2.24, 2.45) is 45.3 Å². The van der Waals surface area contributed by atoms with Crippen LogP contribution in [0.1, 0.15) is 137 Å². The lowest BCUT2D eigenvalue weighted by molar-refractivity contribution is -0.193. The molecule has 0 radical (unpaired) electrons. The molecule has 5 fully saturated rings. The Bertz CT molecular complexity index is 1650. The monoisotopic (exact) mass is 733 g/mol. The third-order valence-corrected chi connectivity index (χ3v) is 16.4. The lowest BCUT2D eigenvalue weighted by atomic mass is 9.34. The van der Waals surface area contributed by atoms with Crippen LogP contribution in [0.3, 0.4) is 0 Å². The zero-order valence-corrected chi connectivity index (χ0v) is 34.0. The Kier molecular flexibility index (Phi) is 10.00. The molecule has 6 aliphatic rings. The maximum absolute atomic E-state index is 14.8. The van der Waals surface area contributed by atoms with Crippen LogP contribution < -0.4 is 10.6 Å². The number of aromatic hydroxyl groups is 1. The number of benzene rings is 1. The summed E-state index contributed by atoms with van der Waals surface area (Å²) in [5.41, 5.74) is 2.29. The van der Waals surface area contributed by atoms with Crippen molar-refractivity contribution in [3.63, 3.8) is 0 Å². The van der Waals surface area contributed by atoms with E-state index in [1.165, 1.54) is 31.3 Å². The molecule has 0 unspecified atom stereocenters. The first kappa shape index (κ1) is 39.1. The number of epoxide rings is 1. The Balaban J connectivity index is 1.24. The van der Waals surface area contributed by atoms with Crippen LogP contribution in [0.5, 0.6) is 5.75 Å². The van der Waals surface area contributed by atoms with Crippen molar-refractivity contribution in [1.29, 1.82) is 0 Å². The molecule has 4 saturated carbocycles. The standard InChI is InChI=1S/C45H68N2O6/c1-25(16-34(50)40-45(8,53-40)29-12-10-11-13-29)37-32-14-15-36-42(5)20-31(28-17-27(24-46-9)18-30(49)19-28)39(52)41(3,4)38(42)33(47-23-26(2)48)21-44(36,7)43(32,6)22-35(37)51/h17-19,25-26,29,31,33-34,36,38,40,46-50H,10-16,20-24H2,1-9H3/t25-,26+,31+,33+,34-,36-,38+,40-,42+,43+,44+,45-/m1/s1. The molecule has 0 aromatic heterocycles. The molecule has 294 valence electrons. The molecular formula is C45H68N2O6. The van der Waals surface area contributed by atoms with E-state index in [2.05, 4.69) is 65.2 Å². The number of rotatable bonds is 11. The Hall–Kier alpha value is -2.10. The quantitative estimate of drug-likeness (QED) is 0.154. The lowest BCUT2D eigenvalue weighted by Gasteiger charge is -2.70. The van der Waals surface area contributed by atoms with E-state index in [-0.39, 0.29) is 75.0 Å². The topological polar surface area (TPSA) is 131 Å². The number of hydrogen-bond acceptors (Lipinski definition) is 8. The minimum atomic E-state index is -0.666. The number of carbonyl (C=O) groups excluding carboxylic acids is 2. The predicted octanol–water partition coefficient (Wildman–Crippen LogP) is 6.99. The van der Waals surface area contributed by atoms with Gasteiger partial charge in [0.25, 0.3) is 0 Å². The molecule has 0 amide bonds. The fourth-order valence-electron chi connectivity index (χ4n) is 14.0. The maximum Gasteiger partial charge on any atom is 0.159 e. The Morgan fingerprint density at radius 2 is 1.66 bits per heavy atom. The van der Waals surface area contributed by atoms with Gasteiger partial charge in [0, 0.05) is 42.3 Å². The molecule has 8 nitrogen and oxygen atoms in total. The summed E-state index contributed by atoms with van der Waals surface area (Å²) in [5, 5.41) is 39.8. The number of hydrogen-bond donors (Lipinski definition) is 5. The van der Waals surface area contributed by atoms with Crippen molar-refractivity contribution in [3.05, 3.63) is 40.5 Å². The van der Waals surface area contributed by atoms with E-state index >= 15 is 0 Å². The van der Waals surface area contributed by atoms with Crippen molar-refractivity contribution < 1.29 is 29.6 Å². The van der Waals surface area contributed by atoms with Crippen LogP contribution in [0.15, 0.2) is 29.3 Å². The molecule has 5 aliphatic carbocycles. The van der Waals surface area contributed by atoms with E-state index in [1.807, 2.05) is 7.05 Å². The minimum Gasteiger partial charge on any atom is -0.508 e. The van der Waals surface area contributed by atoms with Gasteiger partial charge in [-0.2, -0.15) is 0 Å². The van der Waals surface area contributed by atoms with Gasteiger partial charge in [0.1, 0.15) is 17.6 Å². The molecule has 1 aliphatic heterocycles. The van der Waals surface area contributed by atoms with Gasteiger partial charge in [0.2, 0.25) is 0 Å². The first-order chi connectivity index (χ1) is 24.8. The fourth-order valence-corrected chi connectivity index (χ4v) is 14.0. The van der Waals surface area contributed by atoms with Crippen LogP contribution in [0.2, 0.25) is 0 Å². The Labute approximate surface area is 318 Å². The van der Waals surface area contributed by atoms with Crippen LogP contribution in [0.25, 0.3) is 0 Å². The fraction of sp³-hybridized carbons (Fsp3) is 0.778. The average Bonchev–Trinajstić information content (AvgIpc) is 3.36. The number of fused-ring (bicyclic) bond motifs is 5. The Morgan fingerprint density at radius 3 is 2.32 bits per heavy atom. The zero-order chi connectivity index (χ0) is 38.5. The molecule has 12 atom stereocenters. The van der Waals surface area contributed by atoms with Crippen molar-refractivity contribution >= 4 is 11.6 Å². The Morgan fingerprint density at radius 1 is 0.962 bits per heavy atom. The van der Waals surface area contributed by atoms with E-state index in [0.29, 0.717) is 38.3 Å². The highest BCUT2D eigenvalue weighted by molar-refractivity contribution is 6.00. The van der Waals surface area contributed by atoms with Crippen molar-refractivity contribution in [2.45, 2.75) is 162 Å². The second-order valence-electron chi connectivity index (χ2n) is 20.1. The van der Waals surface area contributed by atoms with Gasteiger partial charge in [0.05, 0.1) is 17.8 Å². The minimum absolute atomic E-state index is 0.0251. The summed E-state index contributed by atoms with van der Waals surface area (Å²) in [7, 11) is 1.89. The molecule has 53 heavy (non-hydrogen) atoms. The van der Waals surface area contributed by atoms with Gasteiger partial charge in [0.15, 0.2) is 5.78 Å². The number of phenolic OH excluding ortho intramolecular Hbond substituents is 1. The summed E-state index contributed by atoms with van der Waals surface area (Å²) < 4.78 is 6.24. The molecule has 5 N–H and O–H groups in total. The highest BCUT2D eigenvalue weighted by Gasteiger charge is 2.71. The summed E-state index contributed by atoms with van der Waals surface area (Å²) in [4.78, 5) is 29.1. The number of nitrogens with one attached hydrogen (secondary N) is 2. The van der Waals surface area contributed by atoms with Crippen LogP contribution >= 0.6 is 0 Å². The second-order valence-corrected chi connectivity index (χ2v) is 20.1. The highest BCUT2D eigenvalue weighted by atomic mass is 16.6. The molecule has 1 aromatic rings. The van der Waals surface area contributed by atoms with Crippen molar-refractivity contribution in [1.82, 2.24) is 10.6 Å². The average molecular weight is 733 g/mol. The van der Waals surface area contributed by atoms with E-state index in [0.717, 1.165) is 36.0 Å². The van der Waals surface area contributed by atoms with E-state index < -0.39 is 17.6 Å². The van der Waals surface area contributed by atoms with Crippen LogP contribution in [-0.4, -0.2) is 70.4 Å². The maximum atomic E-state index is 14.8. The molecule has 1 aromatic carbocycles. The first-order valence-corrected chi connectivity index (χ1v) is 20.9. The normalized spacial score (nSPS) is 41.2. The molecular weight excluding hydrogens is 665 g/mol. The number of carbonyl (C=O) groups is 2. The molecule has 1 saturated heterocycles. The van der Waals surface area contributed by atoms with Crippen LogP contribution in [0, 0.1) is 45.3 Å². The molecule has 8 heteroatoms. The number of phenols is 1. The smallest absolute Gasteiger partial charge is 0.159 e. The number of Topliss-reactive ketones (excluding diaryl/α,β-unsaturated/α-hetero) is 2. The van der Waals surface area contributed by atoms with Crippen LogP contribution in [-0.2, 0) is 20.9 Å². The summed E-state index contributed by atoms with van der Waals surface area (Å²) in [6, 6.07) is 5.62. The molecule has 1 heterocycles. The molecule has 0 bridgehead atoms. The van der Waals surface area contributed by atoms with E-state index in [9.17, 15) is 24.9 Å². The molecule has 7 rings (SSSR count). The van der Waals surface area contributed by atoms with Gasteiger partial charge in [-0.25, -0.2) is 0 Å².